The number of aromatic nitrogens is 1. The fourth-order valence-electron chi connectivity index (χ4n) is 1.81. The van der Waals surface area contributed by atoms with Crippen molar-refractivity contribution in [1.29, 1.82) is 5.26 Å². The van der Waals surface area contributed by atoms with Crippen LogP contribution in [0.5, 0.6) is 17.4 Å². The van der Waals surface area contributed by atoms with Crippen molar-refractivity contribution >= 4 is 5.69 Å². The summed E-state index contributed by atoms with van der Waals surface area (Å²) in [5, 5.41) is 9.33. The van der Waals surface area contributed by atoms with Crippen LogP contribution in [-0.2, 0) is 0 Å². The van der Waals surface area contributed by atoms with Crippen LogP contribution in [0.4, 0.5) is 5.69 Å². The van der Waals surface area contributed by atoms with Crippen molar-refractivity contribution in [3.8, 4) is 23.4 Å². The highest BCUT2D eigenvalue weighted by Gasteiger charge is 2.18. The third-order valence-electron chi connectivity index (χ3n) is 2.79. The number of methoxy groups -OCH3 is 1. The van der Waals surface area contributed by atoms with E-state index in [1.807, 2.05) is 37.2 Å². The number of nitriles is 1. The van der Waals surface area contributed by atoms with E-state index in [2.05, 4.69) is 11.1 Å². The summed E-state index contributed by atoms with van der Waals surface area (Å²) in [6, 6.07) is 11.2. The summed E-state index contributed by atoms with van der Waals surface area (Å²) in [5.74, 6) is 1.71. The van der Waals surface area contributed by atoms with Gasteiger partial charge in [0.05, 0.1) is 12.8 Å². The molecule has 0 aliphatic rings. The lowest BCUT2D eigenvalue weighted by Gasteiger charge is -2.13. The number of hydrogen-bond donors (Lipinski definition) is 0. The van der Waals surface area contributed by atoms with Gasteiger partial charge in [0.1, 0.15) is 17.6 Å². The van der Waals surface area contributed by atoms with Crippen LogP contribution in [0.25, 0.3) is 0 Å². The Bertz CT molecular complexity index is 648. The van der Waals surface area contributed by atoms with E-state index in [1.165, 1.54) is 0 Å². The Labute approximate surface area is 118 Å². The Balaban J connectivity index is 2.38. The van der Waals surface area contributed by atoms with Crippen LogP contribution in [0.3, 0.4) is 0 Å². The molecule has 5 nitrogen and oxygen atoms in total. The first-order chi connectivity index (χ1) is 9.65. The molecule has 0 aliphatic carbocycles. The molecule has 1 heterocycles. The Morgan fingerprint density at radius 1 is 1.20 bits per heavy atom. The van der Waals surface area contributed by atoms with Crippen molar-refractivity contribution < 1.29 is 14.5 Å². The van der Waals surface area contributed by atoms with Crippen molar-refractivity contribution in [2.45, 2.75) is 0 Å². The van der Waals surface area contributed by atoms with Gasteiger partial charge in [-0.3, -0.25) is 0 Å². The number of nitrogens with zero attached hydrogens (tertiary/aromatic N) is 2. The van der Waals surface area contributed by atoms with Crippen LogP contribution < -0.4 is 19.4 Å². The predicted molar refractivity (Wildman–Crippen MR) is 75.1 cm³/mol. The van der Waals surface area contributed by atoms with Gasteiger partial charge in [0.25, 0.3) is 0 Å². The zero-order valence-electron chi connectivity index (χ0n) is 11.7. The lowest BCUT2D eigenvalue weighted by Crippen LogP contribution is -2.16. The van der Waals surface area contributed by atoms with Crippen LogP contribution in [0, 0.1) is 11.3 Å². The van der Waals surface area contributed by atoms with Crippen LogP contribution in [0.2, 0.25) is 0 Å². The standard InChI is InChI=1S/C15H15N3O2/c1-18(2)14-7-8-17-15(13(14)10-16)20-12-6-4-5-11(9-12)19-3/h4-9H,1-3H3/p+1. The molecule has 0 saturated heterocycles. The number of nitrogens with one attached hydrogen (secondary N) is 1. The lowest BCUT2D eigenvalue weighted by molar-refractivity contribution is -0.391. The molecule has 2 aromatic rings. The molecule has 2 rings (SSSR count). The number of hydrogen-bond acceptors (Lipinski definition) is 4. The molecule has 102 valence electrons. The Kier molecular flexibility index (Phi) is 4.06. The Morgan fingerprint density at radius 3 is 2.60 bits per heavy atom. The number of benzene rings is 1. The van der Waals surface area contributed by atoms with Gasteiger partial charge in [-0.25, -0.2) is 0 Å². The van der Waals surface area contributed by atoms with Crippen molar-refractivity contribution in [2.75, 3.05) is 26.1 Å². The lowest BCUT2D eigenvalue weighted by atomic mass is 10.2. The highest BCUT2D eigenvalue weighted by atomic mass is 16.5. The number of pyridine rings is 1. The van der Waals surface area contributed by atoms with E-state index in [1.54, 1.807) is 25.4 Å². The Morgan fingerprint density at radius 2 is 1.95 bits per heavy atom. The van der Waals surface area contributed by atoms with Gasteiger partial charge in [-0.1, -0.05) is 6.07 Å². The number of H-pyrrole nitrogens is 1. The number of aromatic amines is 1. The monoisotopic (exact) mass is 270 g/mol. The van der Waals surface area contributed by atoms with Gasteiger partial charge in [0.15, 0.2) is 11.8 Å². The molecular weight excluding hydrogens is 254 g/mol. The average molecular weight is 270 g/mol. The molecule has 0 amide bonds. The molecule has 0 unspecified atom stereocenters. The predicted octanol–water partition coefficient (Wildman–Crippen LogP) is 2.24. The molecule has 0 radical (unpaired) electrons. The molecule has 1 N–H and O–H groups in total. The van der Waals surface area contributed by atoms with Gasteiger partial charge in [-0.2, -0.15) is 10.2 Å². The summed E-state index contributed by atoms with van der Waals surface area (Å²) in [4.78, 5) is 4.82. The summed E-state index contributed by atoms with van der Waals surface area (Å²) in [6.07, 6.45) is 1.74. The van der Waals surface area contributed by atoms with E-state index in [4.69, 9.17) is 9.47 Å². The first kappa shape index (κ1) is 13.7. The molecule has 0 bridgehead atoms. The van der Waals surface area contributed by atoms with Crippen LogP contribution in [0.15, 0.2) is 36.5 Å². The minimum absolute atomic E-state index is 0.409. The average Bonchev–Trinajstić information content (AvgIpc) is 2.47. The van der Waals surface area contributed by atoms with Crippen LogP contribution >= 0.6 is 0 Å². The van der Waals surface area contributed by atoms with E-state index in [0.29, 0.717) is 22.9 Å². The van der Waals surface area contributed by atoms with E-state index < -0.39 is 0 Å². The third-order valence-corrected chi connectivity index (χ3v) is 2.79. The molecule has 20 heavy (non-hydrogen) atoms. The number of ether oxygens (including phenoxy) is 2. The summed E-state index contributed by atoms with van der Waals surface area (Å²) in [5.41, 5.74) is 1.25. The number of rotatable bonds is 4. The van der Waals surface area contributed by atoms with Crippen molar-refractivity contribution in [2.24, 2.45) is 0 Å². The molecule has 0 atom stereocenters. The highest BCUT2D eigenvalue weighted by Crippen LogP contribution is 2.28. The maximum atomic E-state index is 9.33. The zero-order chi connectivity index (χ0) is 14.5. The van der Waals surface area contributed by atoms with Gasteiger partial charge in [0.2, 0.25) is 0 Å². The first-order valence-electron chi connectivity index (χ1n) is 6.09. The maximum absolute atomic E-state index is 9.33. The van der Waals surface area contributed by atoms with E-state index in [0.717, 1.165) is 5.69 Å². The molecule has 0 spiro atoms. The van der Waals surface area contributed by atoms with Gasteiger partial charge in [-0.05, 0) is 12.1 Å². The molecule has 0 saturated carbocycles. The smallest absolute Gasteiger partial charge is 0.392 e. The fourth-order valence-corrected chi connectivity index (χ4v) is 1.81. The van der Waals surface area contributed by atoms with Crippen LogP contribution in [0.1, 0.15) is 5.56 Å². The number of anilines is 1. The van der Waals surface area contributed by atoms with Crippen molar-refractivity contribution in [1.82, 2.24) is 0 Å². The molecule has 1 aromatic heterocycles. The van der Waals surface area contributed by atoms with Crippen molar-refractivity contribution in [3.63, 3.8) is 0 Å². The normalized spacial score (nSPS) is 9.70. The summed E-state index contributed by atoms with van der Waals surface area (Å²) < 4.78 is 10.9. The third kappa shape index (κ3) is 2.81. The van der Waals surface area contributed by atoms with Crippen LogP contribution in [-0.4, -0.2) is 21.2 Å². The zero-order valence-corrected chi connectivity index (χ0v) is 11.7. The first-order valence-corrected chi connectivity index (χ1v) is 6.09. The topological polar surface area (TPSA) is 59.6 Å². The van der Waals surface area contributed by atoms with E-state index in [-0.39, 0.29) is 0 Å². The fraction of sp³-hybridized carbons (Fsp3) is 0.200. The summed E-state index contributed by atoms with van der Waals surface area (Å²) in [6.45, 7) is 0. The summed E-state index contributed by atoms with van der Waals surface area (Å²) in [7, 11) is 5.36. The largest absolute Gasteiger partial charge is 0.497 e. The molecule has 1 aromatic carbocycles. The molecular formula is C15H16N3O2+. The molecule has 0 fully saturated rings. The van der Waals surface area contributed by atoms with Gasteiger partial charge >= 0.3 is 5.88 Å². The minimum atomic E-state index is 0.409. The Hall–Kier alpha value is -2.74. The second kappa shape index (κ2) is 5.93. The van der Waals surface area contributed by atoms with E-state index in [9.17, 15) is 5.26 Å². The van der Waals surface area contributed by atoms with Gasteiger partial charge in [0, 0.05) is 26.2 Å². The van der Waals surface area contributed by atoms with Gasteiger partial charge in [-0.15, -0.1) is 0 Å². The quantitative estimate of drug-likeness (QED) is 0.855. The minimum Gasteiger partial charge on any atom is -0.497 e. The molecule has 5 heteroatoms. The summed E-state index contributed by atoms with van der Waals surface area (Å²) >= 11 is 0. The SMILES string of the molecule is COc1cccc(Oc2[nH+]ccc(N(C)C)c2C#N)c1. The molecule has 0 aliphatic heterocycles. The van der Waals surface area contributed by atoms with Gasteiger partial charge < -0.3 is 14.4 Å². The van der Waals surface area contributed by atoms with E-state index >= 15 is 0 Å². The maximum Gasteiger partial charge on any atom is 0.392 e. The second-order valence-electron chi connectivity index (χ2n) is 4.35. The highest BCUT2D eigenvalue weighted by molar-refractivity contribution is 5.61. The second-order valence-corrected chi connectivity index (χ2v) is 4.35. The van der Waals surface area contributed by atoms with Crippen molar-refractivity contribution in [3.05, 3.63) is 42.1 Å².